The summed E-state index contributed by atoms with van der Waals surface area (Å²) in [6, 6.07) is 6.89. The first-order valence-corrected chi connectivity index (χ1v) is 8.91. The fraction of sp³-hybridized carbons (Fsp3) is 0.684. The Morgan fingerprint density at radius 2 is 1.87 bits per heavy atom. The molecule has 1 saturated heterocycles. The van der Waals surface area contributed by atoms with E-state index in [1.807, 2.05) is 6.92 Å². The van der Waals surface area contributed by atoms with Gasteiger partial charge in [-0.05, 0) is 43.4 Å². The second-order valence-electron chi connectivity index (χ2n) is 6.62. The molecule has 1 aromatic rings. The second-order valence-corrected chi connectivity index (χ2v) is 6.62. The molecule has 0 spiro atoms. The van der Waals surface area contributed by atoms with E-state index in [2.05, 4.69) is 42.3 Å². The largest absolute Gasteiger partial charge is 0.493 e. The van der Waals surface area contributed by atoms with Crippen LogP contribution in [0.25, 0.3) is 0 Å². The van der Waals surface area contributed by atoms with Gasteiger partial charge in [0.05, 0.1) is 13.7 Å². The summed E-state index contributed by atoms with van der Waals surface area (Å²) in [5, 5.41) is 3.45. The predicted octanol–water partition coefficient (Wildman–Crippen LogP) is 3.48. The first kappa shape index (κ1) is 18.1. The van der Waals surface area contributed by atoms with E-state index in [9.17, 15) is 0 Å². The maximum absolute atomic E-state index is 5.66. The van der Waals surface area contributed by atoms with Gasteiger partial charge in [0, 0.05) is 32.2 Å². The Labute approximate surface area is 141 Å². The van der Waals surface area contributed by atoms with Gasteiger partial charge in [-0.1, -0.05) is 19.9 Å². The number of rotatable bonds is 8. The maximum atomic E-state index is 5.66. The van der Waals surface area contributed by atoms with Gasteiger partial charge in [-0.15, -0.1) is 0 Å². The zero-order valence-corrected chi connectivity index (χ0v) is 15.1. The number of hydrogen-bond donors (Lipinski definition) is 1. The number of ether oxygens (including phenoxy) is 2. The Morgan fingerprint density at radius 1 is 1.13 bits per heavy atom. The lowest BCUT2D eigenvalue weighted by Gasteiger charge is -2.36. The number of nitrogens with zero attached hydrogens (tertiary/aromatic N) is 1. The zero-order chi connectivity index (χ0) is 16.7. The number of hydrogen-bond acceptors (Lipinski definition) is 4. The number of methoxy groups -OCH3 is 1. The van der Waals surface area contributed by atoms with Gasteiger partial charge in [-0.2, -0.15) is 0 Å². The summed E-state index contributed by atoms with van der Waals surface area (Å²) < 4.78 is 11.2. The molecule has 1 atom stereocenters. The monoisotopic (exact) mass is 320 g/mol. The first-order chi connectivity index (χ1) is 11.2. The topological polar surface area (TPSA) is 33.7 Å². The molecule has 1 aromatic carbocycles. The maximum Gasteiger partial charge on any atom is 0.161 e. The highest BCUT2D eigenvalue weighted by Gasteiger charge is 2.23. The summed E-state index contributed by atoms with van der Waals surface area (Å²) in [7, 11) is 1.72. The predicted molar refractivity (Wildman–Crippen MR) is 95.4 cm³/mol. The van der Waals surface area contributed by atoms with Crippen LogP contribution in [0.15, 0.2) is 18.2 Å². The van der Waals surface area contributed by atoms with E-state index in [0.29, 0.717) is 12.6 Å². The molecule has 0 amide bonds. The van der Waals surface area contributed by atoms with Crippen molar-refractivity contribution in [3.8, 4) is 11.5 Å². The van der Waals surface area contributed by atoms with Crippen molar-refractivity contribution in [1.82, 2.24) is 10.2 Å². The number of benzene rings is 1. The van der Waals surface area contributed by atoms with Crippen molar-refractivity contribution < 1.29 is 9.47 Å². The highest BCUT2D eigenvalue weighted by Crippen LogP contribution is 2.34. The molecule has 4 heteroatoms. The quantitative estimate of drug-likeness (QED) is 0.795. The molecule has 1 N–H and O–H groups in total. The Kier molecular flexibility index (Phi) is 7.18. The Balaban J connectivity index is 2.22. The van der Waals surface area contributed by atoms with Crippen molar-refractivity contribution in [1.29, 1.82) is 0 Å². The average Bonchev–Trinajstić information content (AvgIpc) is 2.57. The summed E-state index contributed by atoms with van der Waals surface area (Å²) in [6.07, 6.45) is 2.43. The van der Waals surface area contributed by atoms with E-state index in [-0.39, 0.29) is 0 Å². The van der Waals surface area contributed by atoms with Crippen molar-refractivity contribution in [3.63, 3.8) is 0 Å². The molecule has 0 unspecified atom stereocenters. The van der Waals surface area contributed by atoms with Crippen LogP contribution in [0.4, 0.5) is 0 Å². The Bertz CT molecular complexity index is 470. The molecule has 1 aliphatic rings. The normalized spacial score (nSPS) is 17.3. The molecule has 1 aliphatic heterocycles. The molecule has 1 fully saturated rings. The van der Waals surface area contributed by atoms with E-state index in [4.69, 9.17) is 9.47 Å². The number of piperazine rings is 1. The average molecular weight is 320 g/mol. The Hall–Kier alpha value is -1.26. The van der Waals surface area contributed by atoms with E-state index >= 15 is 0 Å². The van der Waals surface area contributed by atoms with Crippen molar-refractivity contribution >= 4 is 0 Å². The van der Waals surface area contributed by atoms with Crippen molar-refractivity contribution in [2.24, 2.45) is 5.92 Å². The highest BCUT2D eigenvalue weighted by molar-refractivity contribution is 5.44. The van der Waals surface area contributed by atoms with Crippen molar-refractivity contribution in [3.05, 3.63) is 23.8 Å². The van der Waals surface area contributed by atoms with Crippen LogP contribution in [0.5, 0.6) is 11.5 Å². The summed E-state index contributed by atoms with van der Waals surface area (Å²) in [5.41, 5.74) is 1.34. The van der Waals surface area contributed by atoms with Crippen LogP contribution in [0, 0.1) is 5.92 Å². The third-order valence-electron chi connectivity index (χ3n) is 4.48. The van der Waals surface area contributed by atoms with Gasteiger partial charge in [0.15, 0.2) is 11.5 Å². The van der Waals surface area contributed by atoms with E-state index < -0.39 is 0 Å². The van der Waals surface area contributed by atoms with Gasteiger partial charge in [-0.25, -0.2) is 0 Å². The Morgan fingerprint density at radius 3 is 2.48 bits per heavy atom. The molecule has 2 rings (SSSR count). The fourth-order valence-corrected chi connectivity index (χ4v) is 3.21. The van der Waals surface area contributed by atoms with Crippen LogP contribution in [-0.4, -0.2) is 44.8 Å². The van der Waals surface area contributed by atoms with Crippen LogP contribution >= 0.6 is 0 Å². The molecule has 4 nitrogen and oxygen atoms in total. The fourth-order valence-electron chi connectivity index (χ4n) is 3.21. The minimum atomic E-state index is 0.462. The lowest BCUT2D eigenvalue weighted by Crippen LogP contribution is -2.45. The first-order valence-electron chi connectivity index (χ1n) is 8.91. The number of nitrogens with one attached hydrogen (secondary N) is 1. The van der Waals surface area contributed by atoms with Crippen LogP contribution in [0.2, 0.25) is 0 Å². The summed E-state index contributed by atoms with van der Waals surface area (Å²) in [5.74, 6) is 2.40. The molecule has 0 aliphatic carbocycles. The minimum absolute atomic E-state index is 0.462. The summed E-state index contributed by atoms with van der Waals surface area (Å²) in [6.45, 7) is 11.6. The zero-order valence-electron chi connectivity index (χ0n) is 15.1. The highest BCUT2D eigenvalue weighted by atomic mass is 16.5. The summed E-state index contributed by atoms with van der Waals surface area (Å²) >= 11 is 0. The molecule has 0 saturated carbocycles. The molecule has 0 radical (unpaired) electrons. The molecule has 130 valence electrons. The van der Waals surface area contributed by atoms with Crippen LogP contribution in [-0.2, 0) is 0 Å². The van der Waals surface area contributed by atoms with Gasteiger partial charge in [0.1, 0.15) is 0 Å². The lowest BCUT2D eigenvalue weighted by atomic mass is 9.95. The SMILES string of the molecule is CCOc1ccc([C@H](CCC(C)C)N2CCNCC2)cc1OC. The molecular formula is C19H32N2O2. The van der Waals surface area contributed by atoms with E-state index in [1.165, 1.54) is 18.4 Å². The minimum Gasteiger partial charge on any atom is -0.493 e. The van der Waals surface area contributed by atoms with E-state index in [1.54, 1.807) is 7.11 Å². The lowest BCUT2D eigenvalue weighted by molar-refractivity contribution is 0.159. The van der Waals surface area contributed by atoms with Gasteiger partial charge >= 0.3 is 0 Å². The second kappa shape index (κ2) is 9.14. The third-order valence-corrected chi connectivity index (χ3v) is 4.48. The summed E-state index contributed by atoms with van der Waals surface area (Å²) in [4.78, 5) is 2.61. The van der Waals surface area contributed by atoms with Gasteiger partial charge in [-0.3, -0.25) is 4.90 Å². The van der Waals surface area contributed by atoms with Crippen molar-refractivity contribution in [2.75, 3.05) is 39.9 Å². The molecule has 0 bridgehead atoms. The van der Waals surface area contributed by atoms with Crippen LogP contribution in [0.3, 0.4) is 0 Å². The van der Waals surface area contributed by atoms with Crippen LogP contribution in [0.1, 0.15) is 45.2 Å². The van der Waals surface area contributed by atoms with Crippen molar-refractivity contribution in [2.45, 2.75) is 39.7 Å². The van der Waals surface area contributed by atoms with Gasteiger partial charge in [0.25, 0.3) is 0 Å². The standard InChI is InChI=1S/C19H32N2O2/c1-5-23-18-9-7-16(14-19(18)22-4)17(8-6-15(2)3)21-12-10-20-11-13-21/h7,9,14-15,17,20H,5-6,8,10-13H2,1-4H3/t17-/m0/s1. The molecular weight excluding hydrogens is 288 g/mol. The molecule has 23 heavy (non-hydrogen) atoms. The molecule has 1 heterocycles. The van der Waals surface area contributed by atoms with Gasteiger partial charge < -0.3 is 14.8 Å². The van der Waals surface area contributed by atoms with E-state index in [0.717, 1.165) is 43.6 Å². The van der Waals surface area contributed by atoms with Gasteiger partial charge in [0.2, 0.25) is 0 Å². The third kappa shape index (κ3) is 5.11. The smallest absolute Gasteiger partial charge is 0.161 e. The van der Waals surface area contributed by atoms with Crippen LogP contribution < -0.4 is 14.8 Å². The molecule has 0 aromatic heterocycles.